The van der Waals surface area contributed by atoms with E-state index in [1.165, 1.54) is 6.07 Å². The van der Waals surface area contributed by atoms with E-state index in [-0.39, 0.29) is 29.0 Å². The second-order valence-corrected chi connectivity index (χ2v) is 5.71. The number of rotatable bonds is 4. The molecule has 0 atom stereocenters. The third-order valence-corrected chi connectivity index (χ3v) is 4.51. The lowest BCUT2D eigenvalue weighted by Crippen LogP contribution is -2.07. The van der Waals surface area contributed by atoms with Crippen molar-refractivity contribution in [2.24, 2.45) is 0 Å². The summed E-state index contributed by atoms with van der Waals surface area (Å²) in [5, 5.41) is 18.7. The second kappa shape index (κ2) is 5.53. The minimum atomic E-state index is -4.47. The summed E-state index contributed by atoms with van der Waals surface area (Å²) in [6, 6.07) is 1.26. The van der Waals surface area contributed by atoms with E-state index in [0.717, 1.165) is 0 Å². The van der Waals surface area contributed by atoms with Gasteiger partial charge in [-0.3, -0.25) is 4.55 Å². The van der Waals surface area contributed by atoms with Gasteiger partial charge in [-0.15, -0.1) is 0 Å². The molecule has 0 heterocycles. The van der Waals surface area contributed by atoms with E-state index in [4.69, 9.17) is 4.55 Å². The largest absolute Gasteiger partial charge is 0.504 e. The van der Waals surface area contributed by atoms with Crippen LogP contribution in [0.1, 0.15) is 5.56 Å². The first kappa shape index (κ1) is 14.7. The molecular formula is C8H8Br2O6S. The maximum Gasteiger partial charge on any atom is 0.397 e. The Morgan fingerprint density at radius 1 is 1.24 bits per heavy atom. The van der Waals surface area contributed by atoms with Crippen molar-refractivity contribution in [3.05, 3.63) is 20.6 Å². The standard InChI is InChI=1S/C8H8Br2O6S/c9-6-4(1-2-16-17(13,14)15)3-5(11)8(12)7(6)10/h3,11-12H,1-2H2,(H,13,14,15). The van der Waals surface area contributed by atoms with Gasteiger partial charge >= 0.3 is 10.4 Å². The molecule has 0 amide bonds. The lowest BCUT2D eigenvalue weighted by molar-refractivity contribution is 0.271. The van der Waals surface area contributed by atoms with Gasteiger partial charge in [-0.05, 0) is 49.9 Å². The van der Waals surface area contributed by atoms with Gasteiger partial charge in [-0.25, -0.2) is 4.18 Å². The third kappa shape index (κ3) is 4.11. The van der Waals surface area contributed by atoms with Gasteiger partial charge in [-0.2, -0.15) is 8.42 Å². The fraction of sp³-hybridized carbons (Fsp3) is 0.250. The van der Waals surface area contributed by atoms with Crippen LogP contribution in [-0.2, 0) is 21.0 Å². The molecule has 0 aliphatic heterocycles. The Labute approximate surface area is 114 Å². The van der Waals surface area contributed by atoms with E-state index in [1.54, 1.807) is 0 Å². The van der Waals surface area contributed by atoms with Gasteiger partial charge in [0.15, 0.2) is 11.5 Å². The van der Waals surface area contributed by atoms with Crippen molar-refractivity contribution in [1.29, 1.82) is 0 Å². The summed E-state index contributed by atoms with van der Waals surface area (Å²) < 4.78 is 33.9. The van der Waals surface area contributed by atoms with Gasteiger partial charge in [0.1, 0.15) is 0 Å². The molecular weight excluding hydrogens is 384 g/mol. The molecule has 0 spiro atoms. The Morgan fingerprint density at radius 2 is 1.82 bits per heavy atom. The zero-order valence-corrected chi connectivity index (χ0v) is 12.2. The van der Waals surface area contributed by atoms with Crippen molar-refractivity contribution in [2.45, 2.75) is 6.42 Å². The molecule has 1 aromatic carbocycles. The van der Waals surface area contributed by atoms with E-state index in [1.807, 2.05) is 0 Å². The lowest BCUT2D eigenvalue weighted by atomic mass is 10.1. The molecule has 96 valence electrons. The van der Waals surface area contributed by atoms with Crippen LogP contribution in [0.15, 0.2) is 15.0 Å². The summed E-state index contributed by atoms with van der Waals surface area (Å²) in [4.78, 5) is 0. The molecule has 3 N–H and O–H groups in total. The molecule has 1 rings (SSSR count). The van der Waals surface area contributed by atoms with Crippen molar-refractivity contribution >= 4 is 42.3 Å². The summed E-state index contributed by atoms with van der Waals surface area (Å²) in [6.07, 6.45) is 0.118. The molecule has 0 aliphatic carbocycles. The van der Waals surface area contributed by atoms with Crippen molar-refractivity contribution < 1.29 is 27.4 Å². The van der Waals surface area contributed by atoms with Gasteiger partial charge in [0, 0.05) is 4.47 Å². The molecule has 0 aromatic heterocycles. The topological polar surface area (TPSA) is 104 Å². The Hall–Kier alpha value is -0.350. The Kier molecular flexibility index (Phi) is 4.78. The Bertz CT molecular complexity index is 527. The average molecular weight is 392 g/mol. The monoisotopic (exact) mass is 390 g/mol. The van der Waals surface area contributed by atoms with E-state index >= 15 is 0 Å². The maximum absolute atomic E-state index is 10.3. The zero-order valence-electron chi connectivity index (χ0n) is 8.22. The van der Waals surface area contributed by atoms with Crippen molar-refractivity contribution in [3.8, 4) is 11.5 Å². The van der Waals surface area contributed by atoms with Gasteiger partial charge in [0.25, 0.3) is 0 Å². The summed E-state index contributed by atoms with van der Waals surface area (Å²) in [6.45, 7) is -0.284. The highest BCUT2D eigenvalue weighted by Gasteiger charge is 2.14. The number of halogens is 2. The molecule has 0 radical (unpaired) electrons. The molecule has 17 heavy (non-hydrogen) atoms. The van der Waals surface area contributed by atoms with Crippen LogP contribution in [0.25, 0.3) is 0 Å². The number of phenols is 2. The van der Waals surface area contributed by atoms with Gasteiger partial charge in [0.2, 0.25) is 0 Å². The van der Waals surface area contributed by atoms with Crippen molar-refractivity contribution in [3.63, 3.8) is 0 Å². The van der Waals surface area contributed by atoms with Gasteiger partial charge in [0.05, 0.1) is 11.1 Å². The quantitative estimate of drug-likeness (QED) is 0.535. The summed E-state index contributed by atoms with van der Waals surface area (Å²) >= 11 is 6.21. The maximum atomic E-state index is 10.3. The Balaban J connectivity index is 2.86. The van der Waals surface area contributed by atoms with Crippen LogP contribution < -0.4 is 0 Å². The third-order valence-electron chi connectivity index (χ3n) is 1.84. The number of phenolic OH excluding ortho intramolecular Hbond substituents is 2. The Morgan fingerprint density at radius 3 is 2.35 bits per heavy atom. The first-order chi connectivity index (χ1) is 7.72. The fourth-order valence-electron chi connectivity index (χ4n) is 1.09. The van der Waals surface area contributed by atoms with E-state index in [9.17, 15) is 18.6 Å². The van der Waals surface area contributed by atoms with Crippen LogP contribution in [0, 0.1) is 0 Å². The minimum Gasteiger partial charge on any atom is -0.504 e. The number of hydrogen-bond donors (Lipinski definition) is 3. The number of hydrogen-bond acceptors (Lipinski definition) is 5. The molecule has 9 heteroatoms. The molecule has 0 unspecified atom stereocenters. The normalized spacial score (nSPS) is 11.7. The highest BCUT2D eigenvalue weighted by atomic mass is 79.9. The average Bonchev–Trinajstić information content (AvgIpc) is 2.21. The molecule has 0 fully saturated rings. The predicted octanol–water partition coefficient (Wildman–Crippen LogP) is 1.98. The highest BCUT2D eigenvalue weighted by Crippen LogP contribution is 2.41. The summed E-state index contributed by atoms with van der Waals surface area (Å²) in [7, 11) is -4.47. The van der Waals surface area contributed by atoms with Gasteiger partial charge < -0.3 is 10.2 Å². The molecule has 6 nitrogen and oxygen atoms in total. The van der Waals surface area contributed by atoms with Crippen molar-refractivity contribution in [1.82, 2.24) is 0 Å². The fourth-order valence-corrected chi connectivity index (χ4v) is 2.35. The van der Waals surface area contributed by atoms with E-state index in [2.05, 4.69) is 36.0 Å². The minimum absolute atomic E-state index is 0.118. The predicted molar refractivity (Wildman–Crippen MR) is 66.4 cm³/mol. The van der Waals surface area contributed by atoms with Crippen molar-refractivity contribution in [2.75, 3.05) is 6.61 Å². The summed E-state index contributed by atoms with van der Waals surface area (Å²) in [5.74, 6) is -0.668. The van der Waals surface area contributed by atoms with Crippen LogP contribution in [0.3, 0.4) is 0 Å². The van der Waals surface area contributed by atoms with Crippen LogP contribution in [0.5, 0.6) is 11.5 Å². The van der Waals surface area contributed by atoms with Crippen LogP contribution >= 0.6 is 31.9 Å². The SMILES string of the molecule is O=S(=O)(O)OCCc1cc(O)c(O)c(Br)c1Br. The van der Waals surface area contributed by atoms with Crippen LogP contribution in [0.4, 0.5) is 0 Å². The van der Waals surface area contributed by atoms with E-state index in [0.29, 0.717) is 10.0 Å². The van der Waals surface area contributed by atoms with E-state index < -0.39 is 10.4 Å². The second-order valence-electron chi connectivity index (χ2n) is 3.03. The molecule has 0 bridgehead atoms. The molecule has 0 aliphatic rings. The molecule has 0 saturated heterocycles. The molecule has 1 aromatic rings. The zero-order chi connectivity index (χ0) is 13.2. The molecule has 0 saturated carbocycles. The smallest absolute Gasteiger partial charge is 0.397 e. The lowest BCUT2D eigenvalue weighted by Gasteiger charge is -2.09. The van der Waals surface area contributed by atoms with Gasteiger partial charge in [-0.1, -0.05) is 0 Å². The highest BCUT2D eigenvalue weighted by molar-refractivity contribution is 9.13. The first-order valence-corrected chi connectivity index (χ1v) is 7.18. The first-order valence-electron chi connectivity index (χ1n) is 4.23. The summed E-state index contributed by atoms with van der Waals surface area (Å²) in [5.41, 5.74) is 0.510. The van der Waals surface area contributed by atoms with Crippen LogP contribution in [-0.4, -0.2) is 29.8 Å². The number of aromatic hydroxyl groups is 2. The van der Waals surface area contributed by atoms with Crippen LogP contribution in [0.2, 0.25) is 0 Å². The number of benzene rings is 1.